The van der Waals surface area contributed by atoms with Crippen molar-refractivity contribution in [2.24, 2.45) is 0 Å². The van der Waals surface area contributed by atoms with E-state index in [4.69, 9.17) is 16.3 Å². The largest absolute Gasteiger partial charge is 0.460 e. The molecule has 0 saturated carbocycles. The Morgan fingerprint density at radius 3 is 3.00 bits per heavy atom. The van der Waals surface area contributed by atoms with Gasteiger partial charge >= 0.3 is 5.97 Å². The number of ether oxygens (including phenoxy) is 1. The van der Waals surface area contributed by atoms with E-state index >= 15 is 0 Å². The molecule has 0 aliphatic heterocycles. The number of aromatic nitrogens is 2. The quantitative estimate of drug-likeness (QED) is 0.455. The maximum Gasteiger partial charge on any atom is 0.326 e. The van der Waals surface area contributed by atoms with Crippen molar-refractivity contribution in [3.63, 3.8) is 0 Å². The van der Waals surface area contributed by atoms with Crippen LogP contribution in [0.1, 0.15) is 5.69 Å². The summed E-state index contributed by atoms with van der Waals surface area (Å²) < 4.78 is 6.43. The predicted molar refractivity (Wildman–Crippen MR) is 60.2 cm³/mol. The molecule has 0 fully saturated rings. The van der Waals surface area contributed by atoms with Crippen molar-refractivity contribution in [1.29, 1.82) is 0 Å². The molecule has 0 unspecified atom stereocenters. The number of imidazole rings is 1. The van der Waals surface area contributed by atoms with E-state index in [0.29, 0.717) is 5.88 Å². The van der Waals surface area contributed by atoms with Crippen molar-refractivity contribution < 1.29 is 9.53 Å². The summed E-state index contributed by atoms with van der Waals surface area (Å²) in [5.74, 6) is 0.0257. The average molecular weight is 251 g/mol. The second-order valence-corrected chi connectivity index (χ2v) is 2.91. The van der Waals surface area contributed by atoms with Gasteiger partial charge < -0.3 is 9.30 Å². The van der Waals surface area contributed by atoms with Crippen LogP contribution >= 0.6 is 24.0 Å². The lowest BCUT2D eigenvalue weighted by Crippen LogP contribution is -2.12. The molecule has 0 aliphatic rings. The fraction of sp³-hybridized carbons (Fsp3) is 0.333. The summed E-state index contributed by atoms with van der Waals surface area (Å²) in [6.45, 7) is 3.83. The second kappa shape index (κ2) is 7.31. The van der Waals surface area contributed by atoms with E-state index in [9.17, 15) is 4.79 Å². The van der Waals surface area contributed by atoms with E-state index in [1.807, 2.05) is 0 Å². The molecule has 0 aliphatic carbocycles. The second-order valence-electron chi connectivity index (χ2n) is 2.64. The first-order valence-corrected chi connectivity index (χ1v) is 4.63. The Hall–Kier alpha value is -1.00. The maximum absolute atomic E-state index is 11.1. The van der Waals surface area contributed by atoms with Crippen molar-refractivity contribution in [1.82, 2.24) is 9.55 Å². The van der Waals surface area contributed by atoms with Gasteiger partial charge in [-0.2, -0.15) is 0 Å². The van der Waals surface area contributed by atoms with Crippen molar-refractivity contribution in [2.45, 2.75) is 12.4 Å². The SMILES string of the molecule is C=CCOC(=O)Cn1cnc(CCl)c1.Cl. The molecule has 0 atom stereocenters. The molecule has 0 spiro atoms. The highest BCUT2D eigenvalue weighted by Gasteiger charge is 2.04. The molecule has 0 N–H and O–H groups in total. The third-order valence-electron chi connectivity index (χ3n) is 1.50. The highest BCUT2D eigenvalue weighted by Crippen LogP contribution is 2.00. The Labute approximate surface area is 99.3 Å². The molecular formula is C9H12Cl2N2O2. The van der Waals surface area contributed by atoms with E-state index in [1.54, 1.807) is 17.1 Å². The minimum absolute atomic E-state index is 0. The molecule has 1 rings (SSSR count). The van der Waals surface area contributed by atoms with E-state index < -0.39 is 0 Å². The number of hydrogen-bond acceptors (Lipinski definition) is 3. The van der Waals surface area contributed by atoms with Gasteiger partial charge in [0.05, 0.1) is 17.9 Å². The van der Waals surface area contributed by atoms with Crippen molar-refractivity contribution >= 4 is 30.0 Å². The first kappa shape index (κ1) is 14.0. The zero-order chi connectivity index (χ0) is 10.4. The van der Waals surface area contributed by atoms with Gasteiger partial charge in [0.15, 0.2) is 0 Å². The Kier molecular flexibility index (Phi) is 6.83. The zero-order valence-electron chi connectivity index (χ0n) is 8.06. The first-order chi connectivity index (χ1) is 6.76. The van der Waals surface area contributed by atoms with Crippen LogP contribution in [0.25, 0.3) is 0 Å². The van der Waals surface area contributed by atoms with E-state index in [2.05, 4.69) is 11.6 Å². The molecule has 0 radical (unpaired) electrons. The number of rotatable bonds is 5. The van der Waals surface area contributed by atoms with Gasteiger partial charge in [0.2, 0.25) is 0 Å². The number of alkyl halides is 1. The summed E-state index contributed by atoms with van der Waals surface area (Å²) in [4.78, 5) is 15.1. The highest BCUT2D eigenvalue weighted by molar-refractivity contribution is 6.16. The first-order valence-electron chi connectivity index (χ1n) is 4.09. The zero-order valence-corrected chi connectivity index (χ0v) is 9.63. The molecule has 0 bridgehead atoms. The van der Waals surface area contributed by atoms with Crippen molar-refractivity contribution in [3.05, 3.63) is 30.9 Å². The van der Waals surface area contributed by atoms with Gasteiger partial charge in [0.25, 0.3) is 0 Å². The van der Waals surface area contributed by atoms with Crippen LogP contribution in [0.15, 0.2) is 25.2 Å². The highest BCUT2D eigenvalue weighted by atomic mass is 35.5. The van der Waals surface area contributed by atoms with Crippen molar-refractivity contribution in [2.75, 3.05) is 6.61 Å². The number of carbonyl (C=O) groups excluding carboxylic acids is 1. The molecule has 1 aromatic rings. The third-order valence-corrected chi connectivity index (χ3v) is 1.77. The lowest BCUT2D eigenvalue weighted by atomic mass is 10.5. The smallest absolute Gasteiger partial charge is 0.326 e. The minimum atomic E-state index is -0.316. The lowest BCUT2D eigenvalue weighted by Gasteiger charge is -2.01. The molecule has 84 valence electrons. The van der Waals surface area contributed by atoms with Crippen LogP contribution in [0.4, 0.5) is 0 Å². The van der Waals surface area contributed by atoms with Gasteiger partial charge in [-0.25, -0.2) is 4.98 Å². The van der Waals surface area contributed by atoms with E-state index in [1.165, 1.54) is 6.08 Å². The van der Waals surface area contributed by atoms with Crippen LogP contribution < -0.4 is 0 Å². The summed E-state index contributed by atoms with van der Waals surface area (Å²) >= 11 is 5.56. The van der Waals surface area contributed by atoms with Crippen LogP contribution in [-0.4, -0.2) is 22.1 Å². The molecule has 1 aromatic heterocycles. The summed E-state index contributed by atoms with van der Waals surface area (Å²) in [7, 11) is 0. The Bertz CT molecular complexity index is 326. The minimum Gasteiger partial charge on any atom is -0.460 e. The topological polar surface area (TPSA) is 44.1 Å². The lowest BCUT2D eigenvalue weighted by molar-refractivity contribution is -0.143. The van der Waals surface area contributed by atoms with Crippen LogP contribution in [0.2, 0.25) is 0 Å². The summed E-state index contributed by atoms with van der Waals surface area (Å²) in [5.41, 5.74) is 0.739. The van der Waals surface area contributed by atoms with Crippen molar-refractivity contribution in [3.8, 4) is 0 Å². The number of hydrogen-bond donors (Lipinski definition) is 0. The molecule has 1 heterocycles. The third kappa shape index (κ3) is 4.85. The molecular weight excluding hydrogens is 239 g/mol. The molecule has 6 heteroatoms. The van der Waals surface area contributed by atoms with Crippen LogP contribution in [-0.2, 0) is 22.0 Å². The van der Waals surface area contributed by atoms with Gasteiger partial charge in [0.1, 0.15) is 13.2 Å². The fourth-order valence-corrected chi connectivity index (χ4v) is 1.05. The molecule has 15 heavy (non-hydrogen) atoms. The normalized spacial score (nSPS) is 9.13. The van der Waals surface area contributed by atoms with Gasteiger partial charge in [-0.1, -0.05) is 12.7 Å². The van der Waals surface area contributed by atoms with E-state index in [0.717, 1.165) is 5.69 Å². The van der Waals surface area contributed by atoms with Crippen LogP contribution in [0, 0.1) is 0 Å². The Morgan fingerprint density at radius 2 is 2.47 bits per heavy atom. The molecule has 0 amide bonds. The van der Waals surface area contributed by atoms with Crippen LogP contribution in [0.5, 0.6) is 0 Å². The van der Waals surface area contributed by atoms with Gasteiger partial charge in [0, 0.05) is 6.20 Å². The summed E-state index contributed by atoms with van der Waals surface area (Å²) in [6, 6.07) is 0. The predicted octanol–water partition coefficient (Wildman–Crippen LogP) is 1.77. The van der Waals surface area contributed by atoms with Gasteiger partial charge in [-0.15, -0.1) is 24.0 Å². The van der Waals surface area contributed by atoms with E-state index in [-0.39, 0.29) is 31.5 Å². The average Bonchev–Trinajstić information content (AvgIpc) is 2.62. The molecule has 4 nitrogen and oxygen atoms in total. The molecule has 0 saturated heterocycles. The standard InChI is InChI=1S/C9H11ClN2O2.ClH/c1-2-3-14-9(13)6-12-5-8(4-10)11-7-12;/h2,5,7H,1,3-4,6H2;1H. The van der Waals surface area contributed by atoms with Crippen LogP contribution in [0.3, 0.4) is 0 Å². The van der Waals surface area contributed by atoms with Gasteiger partial charge in [-0.05, 0) is 0 Å². The summed E-state index contributed by atoms with van der Waals surface area (Å²) in [6.07, 6.45) is 4.78. The fourth-order valence-electron chi connectivity index (χ4n) is 0.908. The molecule has 0 aromatic carbocycles. The monoisotopic (exact) mass is 250 g/mol. The summed E-state index contributed by atoms with van der Waals surface area (Å²) in [5, 5.41) is 0. The van der Waals surface area contributed by atoms with Gasteiger partial charge in [-0.3, -0.25) is 4.79 Å². The maximum atomic E-state index is 11.1. The Balaban J connectivity index is 0.00000196. The Morgan fingerprint density at radius 1 is 1.73 bits per heavy atom. The number of carbonyl (C=O) groups is 1. The number of halogens is 2. The number of esters is 1. The number of nitrogens with zero attached hydrogens (tertiary/aromatic N) is 2.